The Kier molecular flexibility index (Phi) is 6.92. The van der Waals surface area contributed by atoms with E-state index in [1.165, 1.54) is 6.07 Å². The third-order valence-electron chi connectivity index (χ3n) is 6.29. The number of piperazine rings is 1. The Hall–Kier alpha value is -3.49. The normalized spacial score (nSPS) is 16.1. The van der Waals surface area contributed by atoms with Gasteiger partial charge < -0.3 is 25.0 Å². The average Bonchev–Trinajstić information content (AvgIpc) is 3.35. The Morgan fingerprint density at radius 1 is 0.971 bits per heavy atom. The van der Waals surface area contributed by atoms with E-state index in [1.54, 1.807) is 30.3 Å². The first-order valence-electron chi connectivity index (χ1n) is 11.5. The van der Waals surface area contributed by atoms with Crippen molar-refractivity contribution in [2.75, 3.05) is 49.7 Å². The van der Waals surface area contributed by atoms with Gasteiger partial charge in [-0.2, -0.15) is 0 Å². The van der Waals surface area contributed by atoms with Gasteiger partial charge in [0.1, 0.15) is 5.82 Å². The van der Waals surface area contributed by atoms with Crippen molar-refractivity contribution in [3.8, 4) is 11.5 Å². The fraction of sp³-hybridized carbons (Fsp3) is 0.269. The molecule has 182 valence electrons. The van der Waals surface area contributed by atoms with Crippen molar-refractivity contribution in [2.24, 2.45) is 0 Å². The molecule has 0 aliphatic carbocycles. The second kappa shape index (κ2) is 10.4. The van der Waals surface area contributed by atoms with Gasteiger partial charge in [0, 0.05) is 43.4 Å². The van der Waals surface area contributed by atoms with E-state index in [0.29, 0.717) is 60.6 Å². The summed E-state index contributed by atoms with van der Waals surface area (Å²) in [6.45, 7) is 3.38. The van der Waals surface area contributed by atoms with Crippen LogP contribution in [-0.2, 0) is 0 Å². The van der Waals surface area contributed by atoms with E-state index in [4.69, 9.17) is 21.1 Å². The summed E-state index contributed by atoms with van der Waals surface area (Å²) in [5.74, 6) is 1.20. The Morgan fingerprint density at radius 3 is 2.49 bits per heavy atom. The van der Waals surface area contributed by atoms with Gasteiger partial charge in [0.2, 0.25) is 6.79 Å². The summed E-state index contributed by atoms with van der Waals surface area (Å²) in [6, 6.07) is 19.3. The van der Waals surface area contributed by atoms with Crippen LogP contribution in [0.3, 0.4) is 0 Å². The van der Waals surface area contributed by atoms with Crippen molar-refractivity contribution in [3.05, 3.63) is 83.1 Å². The Bertz CT molecular complexity index is 1190. The van der Waals surface area contributed by atoms with E-state index < -0.39 is 0 Å². The molecule has 0 spiro atoms. The van der Waals surface area contributed by atoms with Crippen LogP contribution in [0.5, 0.6) is 11.5 Å². The molecule has 0 radical (unpaired) electrons. The molecule has 5 rings (SSSR count). The largest absolute Gasteiger partial charge is 0.454 e. The fourth-order valence-electron chi connectivity index (χ4n) is 4.46. The molecular weight excluding hydrogens is 471 g/mol. The van der Waals surface area contributed by atoms with Gasteiger partial charge in [-0.15, -0.1) is 0 Å². The highest BCUT2D eigenvalue weighted by molar-refractivity contribution is 6.30. The van der Waals surface area contributed by atoms with Crippen LogP contribution >= 0.6 is 11.6 Å². The Labute approximate surface area is 208 Å². The molecule has 2 N–H and O–H groups in total. The third-order valence-corrected chi connectivity index (χ3v) is 6.54. The lowest BCUT2D eigenvalue weighted by atomic mass is 10.0. The molecular formula is C26H26ClFN4O3. The maximum Gasteiger partial charge on any atom is 0.319 e. The van der Waals surface area contributed by atoms with E-state index in [9.17, 15) is 9.18 Å². The lowest BCUT2D eigenvalue weighted by Gasteiger charge is -2.40. The van der Waals surface area contributed by atoms with Crippen LogP contribution in [0.15, 0.2) is 66.7 Å². The Balaban J connectivity index is 1.28. The van der Waals surface area contributed by atoms with Gasteiger partial charge in [-0.3, -0.25) is 4.90 Å². The summed E-state index contributed by atoms with van der Waals surface area (Å²) >= 11 is 5.93. The highest BCUT2D eigenvalue weighted by Crippen LogP contribution is 2.36. The molecule has 3 aromatic carbocycles. The van der Waals surface area contributed by atoms with Gasteiger partial charge >= 0.3 is 6.03 Å². The fourth-order valence-corrected chi connectivity index (χ4v) is 4.58. The number of urea groups is 1. The quantitative estimate of drug-likeness (QED) is 0.508. The molecule has 1 fully saturated rings. The second-order valence-corrected chi connectivity index (χ2v) is 8.88. The molecule has 0 aromatic heterocycles. The van der Waals surface area contributed by atoms with Gasteiger partial charge in [0.05, 0.1) is 11.7 Å². The lowest BCUT2D eigenvalue weighted by Crippen LogP contribution is -2.50. The molecule has 35 heavy (non-hydrogen) atoms. The van der Waals surface area contributed by atoms with Crippen molar-refractivity contribution in [2.45, 2.75) is 6.04 Å². The van der Waals surface area contributed by atoms with Crippen LogP contribution in [0.1, 0.15) is 11.6 Å². The number of rotatable bonds is 6. The number of benzene rings is 3. The number of nitrogens with zero attached hydrogens (tertiary/aromatic N) is 2. The zero-order valence-corrected chi connectivity index (χ0v) is 19.8. The number of ether oxygens (including phenoxy) is 2. The van der Waals surface area contributed by atoms with Crippen LogP contribution in [-0.4, -0.2) is 50.4 Å². The summed E-state index contributed by atoms with van der Waals surface area (Å²) in [5, 5.41) is 6.43. The van der Waals surface area contributed by atoms with Crippen LogP contribution in [0.25, 0.3) is 0 Å². The number of hydrogen-bond donors (Lipinski definition) is 2. The summed E-state index contributed by atoms with van der Waals surface area (Å²) in [5.41, 5.74) is 2.29. The molecule has 2 aliphatic rings. The molecule has 9 heteroatoms. The first kappa shape index (κ1) is 23.3. The Morgan fingerprint density at radius 2 is 1.71 bits per heavy atom. The minimum Gasteiger partial charge on any atom is -0.454 e. The predicted octanol–water partition coefficient (Wildman–Crippen LogP) is 4.89. The van der Waals surface area contributed by atoms with Gasteiger partial charge in [-0.1, -0.05) is 29.8 Å². The average molecular weight is 497 g/mol. The van der Waals surface area contributed by atoms with E-state index in [-0.39, 0.29) is 24.7 Å². The van der Waals surface area contributed by atoms with Gasteiger partial charge in [-0.05, 0) is 54.1 Å². The highest BCUT2D eigenvalue weighted by atomic mass is 35.5. The first-order chi connectivity index (χ1) is 17.1. The van der Waals surface area contributed by atoms with Crippen molar-refractivity contribution in [1.82, 2.24) is 10.2 Å². The summed E-state index contributed by atoms with van der Waals surface area (Å²) in [4.78, 5) is 17.0. The number of anilines is 2. The molecule has 7 nitrogen and oxygen atoms in total. The molecule has 3 aromatic rings. The second-order valence-electron chi connectivity index (χ2n) is 8.44. The summed E-state index contributed by atoms with van der Waals surface area (Å²) in [7, 11) is 0. The molecule has 2 heterocycles. The molecule has 0 bridgehead atoms. The minimum absolute atomic E-state index is 0.0942. The number of fused-ring (bicyclic) bond motifs is 1. The van der Waals surface area contributed by atoms with Gasteiger partial charge in [-0.25, -0.2) is 9.18 Å². The van der Waals surface area contributed by atoms with Crippen molar-refractivity contribution < 1.29 is 18.7 Å². The van der Waals surface area contributed by atoms with Crippen LogP contribution in [0.2, 0.25) is 5.02 Å². The van der Waals surface area contributed by atoms with E-state index >= 15 is 0 Å². The SMILES string of the molecule is O=C(NC[C@@H](c1ccc2c(c1)OCO2)N1CCN(c2ccccc2F)CC1)Nc1ccc(Cl)cc1. The highest BCUT2D eigenvalue weighted by Gasteiger charge is 2.28. The molecule has 2 amide bonds. The zero-order valence-electron chi connectivity index (χ0n) is 19.0. The number of carbonyl (C=O) groups excluding carboxylic acids is 1. The lowest BCUT2D eigenvalue weighted by molar-refractivity contribution is 0.173. The molecule has 2 aliphatic heterocycles. The van der Waals surface area contributed by atoms with Crippen molar-refractivity contribution in [3.63, 3.8) is 0 Å². The van der Waals surface area contributed by atoms with E-state index in [1.807, 2.05) is 30.3 Å². The van der Waals surface area contributed by atoms with Crippen LogP contribution in [0.4, 0.5) is 20.6 Å². The van der Waals surface area contributed by atoms with Gasteiger partial charge in [0.25, 0.3) is 0 Å². The molecule has 0 unspecified atom stereocenters. The first-order valence-corrected chi connectivity index (χ1v) is 11.9. The predicted molar refractivity (Wildman–Crippen MR) is 134 cm³/mol. The number of nitrogens with one attached hydrogen (secondary N) is 2. The third kappa shape index (κ3) is 5.44. The topological polar surface area (TPSA) is 66.1 Å². The zero-order chi connectivity index (χ0) is 24.2. The number of carbonyl (C=O) groups is 1. The maximum absolute atomic E-state index is 14.3. The van der Waals surface area contributed by atoms with Crippen LogP contribution < -0.4 is 25.0 Å². The minimum atomic E-state index is -0.303. The van der Waals surface area contributed by atoms with Gasteiger partial charge in [0.15, 0.2) is 11.5 Å². The van der Waals surface area contributed by atoms with Crippen molar-refractivity contribution >= 4 is 29.0 Å². The smallest absolute Gasteiger partial charge is 0.319 e. The number of halogens is 2. The molecule has 1 saturated heterocycles. The summed E-state index contributed by atoms with van der Waals surface area (Å²) in [6.07, 6.45) is 0. The maximum atomic E-state index is 14.3. The number of hydrogen-bond acceptors (Lipinski definition) is 5. The standard InChI is InChI=1S/C26H26ClFN4O3/c27-19-6-8-20(9-7-19)30-26(33)29-16-23(18-5-10-24-25(15-18)35-17-34-24)32-13-11-31(12-14-32)22-4-2-1-3-21(22)28/h1-10,15,23H,11-14,16-17H2,(H2,29,30,33)/t23-/m0/s1. The van der Waals surface area contributed by atoms with E-state index in [0.717, 1.165) is 5.56 Å². The van der Waals surface area contributed by atoms with E-state index in [2.05, 4.69) is 20.4 Å². The molecule has 1 atom stereocenters. The molecule has 0 saturated carbocycles. The van der Waals surface area contributed by atoms with Crippen molar-refractivity contribution in [1.29, 1.82) is 0 Å². The van der Waals surface area contributed by atoms with Crippen LogP contribution in [0, 0.1) is 5.82 Å². The number of para-hydroxylation sites is 1. The monoisotopic (exact) mass is 496 g/mol. The number of amides is 2. The summed E-state index contributed by atoms with van der Waals surface area (Å²) < 4.78 is 25.3.